The molecular weight excluding hydrogens is 320 g/mol. The van der Waals surface area contributed by atoms with Gasteiger partial charge in [0.05, 0.1) is 17.4 Å². The van der Waals surface area contributed by atoms with Gasteiger partial charge in [-0.15, -0.1) is 11.3 Å². The van der Waals surface area contributed by atoms with Crippen molar-refractivity contribution < 1.29 is 8.95 Å². The van der Waals surface area contributed by atoms with Crippen molar-refractivity contribution in [2.24, 2.45) is 0 Å². The number of hydrogen-bond donors (Lipinski definition) is 0. The summed E-state index contributed by atoms with van der Waals surface area (Å²) in [5.74, 6) is 1.30. The van der Waals surface area contributed by atoms with Crippen LogP contribution in [0.1, 0.15) is 19.4 Å². The van der Waals surface area contributed by atoms with Gasteiger partial charge in [-0.05, 0) is 0 Å². The molecule has 118 valence electrons. The third-order valence-corrected chi connectivity index (χ3v) is 5.66. The Kier molecular flexibility index (Phi) is 4.24. The molecule has 0 aliphatic carbocycles. The van der Waals surface area contributed by atoms with Crippen LogP contribution in [0.4, 0.5) is 10.9 Å². The van der Waals surface area contributed by atoms with Crippen LogP contribution in [0.25, 0.3) is 0 Å². The first-order valence-electron chi connectivity index (χ1n) is 7.01. The lowest BCUT2D eigenvalue weighted by Gasteiger charge is -2.23. The summed E-state index contributed by atoms with van der Waals surface area (Å²) >= 11 is 1.56. The van der Waals surface area contributed by atoms with Gasteiger partial charge in [0.25, 0.3) is 0 Å². The summed E-state index contributed by atoms with van der Waals surface area (Å²) in [4.78, 5) is 15.3. The maximum absolute atomic E-state index is 12.0. The van der Waals surface area contributed by atoms with Crippen molar-refractivity contribution in [1.29, 1.82) is 0 Å². The summed E-state index contributed by atoms with van der Waals surface area (Å²) < 4.78 is 17.4. The van der Waals surface area contributed by atoms with E-state index in [1.54, 1.807) is 30.8 Å². The van der Waals surface area contributed by atoms with Gasteiger partial charge in [-0.3, -0.25) is 4.21 Å². The van der Waals surface area contributed by atoms with Crippen molar-refractivity contribution in [1.82, 2.24) is 15.0 Å². The molecule has 0 radical (unpaired) electrons. The molecule has 2 unspecified atom stereocenters. The predicted molar refractivity (Wildman–Crippen MR) is 87.3 cm³/mol. The van der Waals surface area contributed by atoms with Crippen LogP contribution >= 0.6 is 11.3 Å². The van der Waals surface area contributed by atoms with Gasteiger partial charge in [-0.2, -0.15) is 0 Å². The normalized spacial score (nSPS) is 21.9. The van der Waals surface area contributed by atoms with Crippen LogP contribution in [0.2, 0.25) is 0 Å². The minimum Gasteiger partial charge on any atom is -0.384 e. The first kappa shape index (κ1) is 15.5. The maximum Gasteiger partial charge on any atom is 0.220 e. The zero-order chi connectivity index (χ0) is 15.7. The van der Waals surface area contributed by atoms with Gasteiger partial charge >= 0.3 is 0 Å². The van der Waals surface area contributed by atoms with Crippen LogP contribution in [0.15, 0.2) is 22.9 Å². The van der Waals surface area contributed by atoms with Crippen molar-refractivity contribution in [2.45, 2.75) is 24.4 Å². The second-order valence-electron chi connectivity index (χ2n) is 5.42. The van der Waals surface area contributed by atoms with Gasteiger partial charge in [0.1, 0.15) is 5.82 Å². The smallest absolute Gasteiger partial charge is 0.220 e. The molecule has 8 heteroatoms. The molecule has 0 aromatic carbocycles. The highest BCUT2D eigenvalue weighted by molar-refractivity contribution is 7.84. The number of fused-ring (bicyclic) bond motifs is 1. The van der Waals surface area contributed by atoms with E-state index in [-0.39, 0.29) is 5.41 Å². The van der Waals surface area contributed by atoms with Crippen LogP contribution in [0.3, 0.4) is 0 Å². The van der Waals surface area contributed by atoms with Crippen molar-refractivity contribution in [3.63, 3.8) is 0 Å². The van der Waals surface area contributed by atoms with E-state index >= 15 is 0 Å². The van der Waals surface area contributed by atoms with E-state index in [0.29, 0.717) is 17.5 Å². The summed E-state index contributed by atoms with van der Waals surface area (Å²) in [7, 11) is 0.523. The lowest BCUT2D eigenvalue weighted by molar-refractivity contribution is 0.145. The lowest BCUT2D eigenvalue weighted by atomic mass is 9.87. The Bertz CT molecular complexity index is 692. The maximum atomic E-state index is 12.0. The standard InChI is InChI=1S/C14H18N4O2S2/c1-4-22(19)12-16-7-10-11(17-12)18(13-15-5-6-21-13)8-14(10,2)9-20-3/h5-7H,4,8-9H2,1-3H3. The van der Waals surface area contributed by atoms with Crippen LogP contribution in [-0.4, -0.2) is 45.2 Å². The molecule has 0 fully saturated rings. The molecule has 0 N–H and O–H groups in total. The SMILES string of the molecule is CCS(=O)c1ncc2c(n1)N(c1nccs1)CC2(C)COC. The van der Waals surface area contributed by atoms with Gasteiger partial charge in [0.15, 0.2) is 5.13 Å². The average molecular weight is 338 g/mol. The number of hydrogen-bond acceptors (Lipinski definition) is 7. The third kappa shape index (κ3) is 2.55. The second-order valence-corrected chi connectivity index (χ2v) is 7.93. The van der Waals surface area contributed by atoms with E-state index in [9.17, 15) is 4.21 Å². The van der Waals surface area contributed by atoms with Gasteiger partial charge in [0.2, 0.25) is 5.16 Å². The molecule has 2 aromatic rings. The largest absolute Gasteiger partial charge is 0.384 e. The Morgan fingerprint density at radius 2 is 2.32 bits per heavy atom. The Morgan fingerprint density at radius 3 is 2.95 bits per heavy atom. The number of methoxy groups -OCH3 is 1. The summed E-state index contributed by atoms with van der Waals surface area (Å²) in [5, 5.41) is 3.20. The zero-order valence-electron chi connectivity index (χ0n) is 12.8. The Hall–Kier alpha value is -1.38. The topological polar surface area (TPSA) is 68.2 Å². The van der Waals surface area contributed by atoms with Gasteiger partial charge in [-0.1, -0.05) is 13.8 Å². The van der Waals surface area contributed by atoms with Crippen LogP contribution in [0, 0.1) is 0 Å². The molecule has 0 amide bonds. The van der Waals surface area contributed by atoms with E-state index in [1.807, 2.05) is 12.3 Å². The van der Waals surface area contributed by atoms with E-state index < -0.39 is 10.8 Å². The highest BCUT2D eigenvalue weighted by Crippen LogP contribution is 2.43. The number of ether oxygens (including phenoxy) is 1. The van der Waals surface area contributed by atoms with Gasteiger partial charge in [-0.25, -0.2) is 15.0 Å². The molecule has 2 atom stereocenters. The van der Waals surface area contributed by atoms with E-state index in [1.165, 1.54) is 0 Å². The fraction of sp³-hybridized carbons (Fsp3) is 0.500. The van der Waals surface area contributed by atoms with Crippen molar-refractivity contribution in [2.75, 3.05) is 30.9 Å². The van der Waals surface area contributed by atoms with Crippen LogP contribution in [-0.2, 0) is 21.0 Å². The highest BCUT2D eigenvalue weighted by atomic mass is 32.2. The molecule has 1 aliphatic rings. The number of thiazole rings is 1. The number of anilines is 2. The first-order valence-corrected chi connectivity index (χ1v) is 9.21. The fourth-order valence-electron chi connectivity index (χ4n) is 2.69. The molecule has 6 nitrogen and oxygen atoms in total. The fourth-order valence-corrected chi connectivity index (χ4v) is 3.95. The Morgan fingerprint density at radius 1 is 1.50 bits per heavy atom. The minimum atomic E-state index is -1.17. The predicted octanol–water partition coefficient (Wildman–Crippen LogP) is 2.12. The van der Waals surface area contributed by atoms with Gasteiger partial charge in [0, 0.05) is 48.2 Å². The van der Waals surface area contributed by atoms with Crippen molar-refractivity contribution in [3.8, 4) is 0 Å². The Labute approximate surface area is 136 Å². The minimum absolute atomic E-state index is 0.206. The van der Waals surface area contributed by atoms with E-state index in [4.69, 9.17) is 4.74 Å². The molecule has 0 bridgehead atoms. The third-order valence-electron chi connectivity index (χ3n) is 3.74. The molecule has 0 saturated carbocycles. The highest BCUT2D eigenvalue weighted by Gasteiger charge is 2.42. The lowest BCUT2D eigenvalue weighted by Crippen LogP contribution is -2.32. The molecule has 3 heterocycles. The van der Waals surface area contributed by atoms with Crippen molar-refractivity contribution >= 4 is 33.1 Å². The average Bonchev–Trinajstić information content (AvgIpc) is 3.13. The summed E-state index contributed by atoms with van der Waals surface area (Å²) in [5.41, 5.74) is 0.809. The second kappa shape index (κ2) is 6.02. The number of nitrogens with zero attached hydrogens (tertiary/aromatic N) is 4. The zero-order valence-corrected chi connectivity index (χ0v) is 14.4. The van der Waals surface area contributed by atoms with Gasteiger partial charge < -0.3 is 9.64 Å². The molecule has 0 saturated heterocycles. The van der Waals surface area contributed by atoms with E-state index in [2.05, 4.69) is 26.8 Å². The summed E-state index contributed by atoms with van der Waals surface area (Å²) in [6, 6.07) is 0. The van der Waals surface area contributed by atoms with E-state index in [0.717, 1.165) is 23.1 Å². The molecule has 2 aromatic heterocycles. The van der Waals surface area contributed by atoms with Crippen LogP contribution in [0.5, 0.6) is 0 Å². The molecule has 1 aliphatic heterocycles. The van der Waals surface area contributed by atoms with Crippen molar-refractivity contribution in [3.05, 3.63) is 23.3 Å². The first-order chi connectivity index (χ1) is 10.6. The van der Waals surface area contributed by atoms with Crippen LogP contribution < -0.4 is 4.90 Å². The number of aromatic nitrogens is 3. The summed E-state index contributed by atoms with van der Waals surface area (Å²) in [6.45, 7) is 5.28. The molecule has 0 spiro atoms. The summed E-state index contributed by atoms with van der Waals surface area (Å²) in [6.07, 6.45) is 3.57. The quantitative estimate of drug-likeness (QED) is 0.778. The molecule has 22 heavy (non-hydrogen) atoms. The monoisotopic (exact) mass is 338 g/mol. The number of rotatable bonds is 5. The molecular formula is C14H18N4O2S2. The molecule has 3 rings (SSSR count). The Balaban J connectivity index is 2.10.